The van der Waals surface area contributed by atoms with Crippen LogP contribution in [0.25, 0.3) is 0 Å². The van der Waals surface area contributed by atoms with Gasteiger partial charge in [0.05, 0.1) is 11.0 Å². The van der Waals surface area contributed by atoms with Crippen LogP contribution >= 0.6 is 0 Å². The van der Waals surface area contributed by atoms with Gasteiger partial charge < -0.3 is 4.57 Å². The normalized spacial score (nSPS) is 13.2. The van der Waals surface area contributed by atoms with E-state index in [1.54, 1.807) is 0 Å². The maximum atomic E-state index is 12.5. The monoisotopic (exact) mass is 352 g/mol. The van der Waals surface area contributed by atoms with E-state index in [1.807, 2.05) is 48.9 Å². The summed E-state index contributed by atoms with van der Waals surface area (Å²) in [5.74, 6) is 0. The zero-order valence-corrected chi connectivity index (χ0v) is 14.5. The standard InChI is InChI=1S/C15H20N4O4S/c1-17(2)14(12-8-6-10-18(12)3)11-16-24(22,23)15-9-5-4-7-13(15)19(20)21/h4-10,14,16H,11H2,1-3H3. The number of nitrogens with one attached hydrogen (secondary N) is 1. The van der Waals surface area contributed by atoms with E-state index in [-0.39, 0.29) is 17.5 Å². The molecule has 0 saturated heterocycles. The second-order valence-corrected chi connectivity index (χ2v) is 7.34. The topological polar surface area (TPSA) is 97.5 Å². The molecule has 0 aliphatic carbocycles. The second kappa shape index (κ2) is 7.12. The number of para-hydroxylation sites is 1. The van der Waals surface area contributed by atoms with Gasteiger partial charge in [-0.2, -0.15) is 0 Å². The molecule has 1 aromatic carbocycles. The Bertz CT molecular complexity index is 830. The average Bonchev–Trinajstić information content (AvgIpc) is 2.93. The molecule has 1 aromatic heterocycles. The van der Waals surface area contributed by atoms with E-state index in [2.05, 4.69) is 4.72 Å². The third-order valence-corrected chi connectivity index (χ3v) is 5.24. The Morgan fingerprint density at radius 1 is 1.25 bits per heavy atom. The van der Waals surface area contributed by atoms with Gasteiger partial charge in [0.2, 0.25) is 10.0 Å². The predicted molar refractivity (Wildman–Crippen MR) is 90.1 cm³/mol. The van der Waals surface area contributed by atoms with Gasteiger partial charge in [0, 0.05) is 31.5 Å². The number of aryl methyl sites for hydroxylation is 1. The molecule has 9 heteroatoms. The fourth-order valence-corrected chi connectivity index (χ4v) is 3.68. The van der Waals surface area contributed by atoms with Crippen LogP contribution in [0.5, 0.6) is 0 Å². The Labute approximate surface area is 140 Å². The quantitative estimate of drug-likeness (QED) is 0.602. The molecular formula is C15H20N4O4S. The van der Waals surface area contributed by atoms with Crippen LogP contribution in [0.15, 0.2) is 47.5 Å². The lowest BCUT2D eigenvalue weighted by atomic mass is 10.2. The first-order valence-corrected chi connectivity index (χ1v) is 8.73. The van der Waals surface area contributed by atoms with Crippen LogP contribution in [0.1, 0.15) is 11.7 Å². The largest absolute Gasteiger partial charge is 0.353 e. The summed E-state index contributed by atoms with van der Waals surface area (Å²) in [4.78, 5) is 11.9. The van der Waals surface area contributed by atoms with Crippen molar-refractivity contribution in [2.75, 3.05) is 20.6 Å². The molecule has 0 saturated carbocycles. The summed E-state index contributed by atoms with van der Waals surface area (Å²) in [5.41, 5.74) is 0.496. The minimum absolute atomic E-state index is 0.0965. The van der Waals surface area contributed by atoms with Crippen molar-refractivity contribution < 1.29 is 13.3 Å². The van der Waals surface area contributed by atoms with E-state index in [4.69, 9.17) is 0 Å². The number of nitro benzene ring substituents is 1. The summed E-state index contributed by atoms with van der Waals surface area (Å²) < 4.78 is 29.4. The lowest BCUT2D eigenvalue weighted by Crippen LogP contribution is -2.35. The minimum atomic E-state index is -4.00. The van der Waals surface area contributed by atoms with Crippen LogP contribution in [0, 0.1) is 10.1 Å². The Balaban J connectivity index is 2.27. The smallest absolute Gasteiger partial charge is 0.289 e. The van der Waals surface area contributed by atoms with Gasteiger partial charge in [-0.3, -0.25) is 15.0 Å². The molecule has 0 bridgehead atoms. The molecule has 1 N–H and O–H groups in total. The molecule has 1 unspecified atom stereocenters. The van der Waals surface area contributed by atoms with E-state index < -0.39 is 20.6 Å². The molecule has 1 atom stereocenters. The SMILES string of the molecule is CN(C)C(CNS(=O)(=O)c1ccccc1[N+](=O)[O-])c1cccn1C. The maximum absolute atomic E-state index is 12.5. The number of sulfonamides is 1. The molecule has 0 aliphatic heterocycles. The summed E-state index contributed by atoms with van der Waals surface area (Å²) in [5, 5.41) is 11.0. The Hall–Kier alpha value is -2.23. The minimum Gasteiger partial charge on any atom is -0.353 e. The van der Waals surface area contributed by atoms with Crippen molar-refractivity contribution in [1.29, 1.82) is 0 Å². The van der Waals surface area contributed by atoms with E-state index >= 15 is 0 Å². The zero-order chi connectivity index (χ0) is 17.9. The van der Waals surface area contributed by atoms with Crippen LogP contribution in [0.3, 0.4) is 0 Å². The van der Waals surface area contributed by atoms with Gasteiger partial charge in [0.15, 0.2) is 4.90 Å². The molecular weight excluding hydrogens is 332 g/mol. The van der Waals surface area contributed by atoms with Crippen molar-refractivity contribution in [2.24, 2.45) is 7.05 Å². The molecule has 8 nitrogen and oxygen atoms in total. The first kappa shape index (κ1) is 18.1. The van der Waals surface area contributed by atoms with Crippen molar-refractivity contribution >= 4 is 15.7 Å². The van der Waals surface area contributed by atoms with Crippen LogP contribution in [0.4, 0.5) is 5.69 Å². The van der Waals surface area contributed by atoms with Gasteiger partial charge >= 0.3 is 0 Å². The van der Waals surface area contributed by atoms with Crippen LogP contribution in [0.2, 0.25) is 0 Å². The number of rotatable bonds is 7. The number of benzene rings is 1. The Morgan fingerprint density at radius 2 is 1.92 bits per heavy atom. The van der Waals surface area contributed by atoms with Crippen molar-refractivity contribution in [2.45, 2.75) is 10.9 Å². The third kappa shape index (κ3) is 3.81. The molecule has 0 radical (unpaired) electrons. The van der Waals surface area contributed by atoms with Gasteiger partial charge in [0.1, 0.15) is 0 Å². The van der Waals surface area contributed by atoms with E-state index in [0.717, 1.165) is 5.69 Å². The lowest BCUT2D eigenvalue weighted by Gasteiger charge is -2.25. The number of hydrogen-bond donors (Lipinski definition) is 1. The van der Waals surface area contributed by atoms with Gasteiger partial charge in [-0.1, -0.05) is 12.1 Å². The highest BCUT2D eigenvalue weighted by molar-refractivity contribution is 7.89. The molecule has 2 aromatic rings. The summed E-state index contributed by atoms with van der Waals surface area (Å²) in [7, 11) is 1.57. The van der Waals surface area contributed by atoms with Crippen LogP contribution in [-0.4, -0.2) is 43.4 Å². The number of nitrogens with zero attached hydrogens (tertiary/aromatic N) is 3. The van der Waals surface area contributed by atoms with Gasteiger partial charge in [0.25, 0.3) is 5.69 Å². The van der Waals surface area contributed by atoms with Crippen LogP contribution < -0.4 is 4.72 Å². The Morgan fingerprint density at radius 3 is 2.46 bits per heavy atom. The highest BCUT2D eigenvalue weighted by Gasteiger charge is 2.27. The van der Waals surface area contributed by atoms with E-state index in [9.17, 15) is 18.5 Å². The molecule has 1 heterocycles. The molecule has 0 amide bonds. The van der Waals surface area contributed by atoms with E-state index in [0.29, 0.717) is 0 Å². The first-order chi connectivity index (χ1) is 11.2. The first-order valence-electron chi connectivity index (χ1n) is 7.25. The Kier molecular flexibility index (Phi) is 5.37. The third-order valence-electron chi connectivity index (χ3n) is 3.77. The fourth-order valence-electron chi connectivity index (χ4n) is 2.47. The molecule has 24 heavy (non-hydrogen) atoms. The predicted octanol–water partition coefficient (Wildman–Crippen LogP) is 1.51. The number of hydrogen-bond acceptors (Lipinski definition) is 5. The van der Waals surface area contributed by atoms with Crippen molar-refractivity contribution in [3.05, 3.63) is 58.4 Å². The van der Waals surface area contributed by atoms with Crippen molar-refractivity contribution in [3.63, 3.8) is 0 Å². The van der Waals surface area contributed by atoms with Gasteiger partial charge in [-0.25, -0.2) is 13.1 Å². The van der Waals surface area contributed by atoms with Gasteiger partial charge in [-0.05, 0) is 32.3 Å². The fraction of sp³-hybridized carbons (Fsp3) is 0.333. The highest BCUT2D eigenvalue weighted by atomic mass is 32.2. The summed E-state index contributed by atoms with van der Waals surface area (Å²) in [6.45, 7) is 0.0965. The highest BCUT2D eigenvalue weighted by Crippen LogP contribution is 2.24. The average molecular weight is 352 g/mol. The zero-order valence-electron chi connectivity index (χ0n) is 13.7. The maximum Gasteiger partial charge on any atom is 0.289 e. The molecule has 2 rings (SSSR count). The summed E-state index contributed by atoms with van der Waals surface area (Å²) >= 11 is 0. The molecule has 0 spiro atoms. The molecule has 130 valence electrons. The lowest BCUT2D eigenvalue weighted by molar-refractivity contribution is -0.387. The second-order valence-electron chi connectivity index (χ2n) is 5.60. The van der Waals surface area contributed by atoms with Crippen molar-refractivity contribution in [1.82, 2.24) is 14.2 Å². The van der Waals surface area contributed by atoms with Crippen molar-refractivity contribution in [3.8, 4) is 0 Å². The van der Waals surface area contributed by atoms with Crippen LogP contribution in [-0.2, 0) is 17.1 Å². The van der Waals surface area contributed by atoms with E-state index in [1.165, 1.54) is 24.3 Å². The summed E-state index contributed by atoms with van der Waals surface area (Å²) in [6.07, 6.45) is 1.88. The molecule has 0 aliphatic rings. The molecule has 0 fully saturated rings. The number of likely N-dealkylation sites (N-methyl/N-ethyl adjacent to an activating group) is 1. The van der Waals surface area contributed by atoms with Gasteiger partial charge in [-0.15, -0.1) is 0 Å². The number of nitro groups is 1. The number of aromatic nitrogens is 1. The summed E-state index contributed by atoms with van der Waals surface area (Å²) in [6, 6.07) is 8.88.